The van der Waals surface area contributed by atoms with E-state index in [0.29, 0.717) is 0 Å². The van der Waals surface area contributed by atoms with E-state index < -0.39 is 22.0 Å². The molecule has 0 amide bonds. The van der Waals surface area contributed by atoms with Crippen LogP contribution in [0.4, 0.5) is 0 Å². The summed E-state index contributed by atoms with van der Waals surface area (Å²) < 4.78 is 31.0. The van der Waals surface area contributed by atoms with Crippen LogP contribution in [0.25, 0.3) is 0 Å². The highest BCUT2D eigenvalue weighted by molar-refractivity contribution is 7.89. The summed E-state index contributed by atoms with van der Waals surface area (Å²) in [6.45, 7) is 7.59. The Balaban J connectivity index is 2.97. The molecule has 1 rings (SSSR count). The highest BCUT2D eigenvalue weighted by Gasteiger charge is 2.23. The van der Waals surface area contributed by atoms with Crippen LogP contribution < -0.4 is 4.72 Å². The molecule has 0 spiro atoms. The Labute approximate surface area is 120 Å². The predicted octanol–water partition coefficient (Wildman–Crippen LogP) is 1.82. The Morgan fingerprint density at radius 3 is 2.10 bits per heavy atom. The number of rotatable bonds is 4. The first kappa shape index (κ1) is 16.7. The number of carbonyl (C=O) groups is 1. The van der Waals surface area contributed by atoms with Gasteiger partial charge in [0.1, 0.15) is 6.04 Å². The average Bonchev–Trinajstić information content (AvgIpc) is 2.36. The lowest BCUT2D eigenvalue weighted by atomic mass is 9.87. The summed E-state index contributed by atoms with van der Waals surface area (Å²) in [4.78, 5) is 11.4. The lowest BCUT2D eigenvalue weighted by molar-refractivity contribution is -0.142. The predicted molar refractivity (Wildman–Crippen MR) is 76.9 cm³/mol. The van der Waals surface area contributed by atoms with Crippen LogP contribution in [0.2, 0.25) is 0 Å². The van der Waals surface area contributed by atoms with Crippen LogP contribution in [0, 0.1) is 0 Å². The van der Waals surface area contributed by atoms with Crippen molar-refractivity contribution in [2.45, 2.75) is 44.0 Å². The number of hydrogen-bond acceptors (Lipinski definition) is 4. The fraction of sp³-hybridized carbons (Fsp3) is 0.500. The Morgan fingerprint density at radius 1 is 1.20 bits per heavy atom. The van der Waals surface area contributed by atoms with E-state index in [1.807, 2.05) is 20.8 Å². The quantitative estimate of drug-likeness (QED) is 0.861. The molecule has 0 aliphatic rings. The standard InChI is InChI=1S/C14H21NO4S/c1-10(13(16)19-5)15-20(17,18)12-8-6-11(7-9-12)14(2,3)4/h6-10,15H,1-5H3/t10-/m0/s1. The van der Waals surface area contributed by atoms with Gasteiger partial charge in [0.25, 0.3) is 0 Å². The van der Waals surface area contributed by atoms with Crippen molar-refractivity contribution >= 4 is 16.0 Å². The van der Waals surface area contributed by atoms with Gasteiger partial charge in [-0.25, -0.2) is 8.42 Å². The number of carbonyl (C=O) groups excluding carboxylic acids is 1. The zero-order valence-electron chi connectivity index (χ0n) is 12.4. The molecule has 0 unspecified atom stereocenters. The molecule has 0 aliphatic heterocycles. The lowest BCUT2D eigenvalue weighted by Gasteiger charge is -2.19. The molecule has 1 atom stereocenters. The number of nitrogens with one attached hydrogen (secondary N) is 1. The zero-order valence-corrected chi connectivity index (χ0v) is 13.2. The van der Waals surface area contributed by atoms with Gasteiger partial charge >= 0.3 is 5.97 Å². The van der Waals surface area contributed by atoms with Gasteiger partial charge in [-0.15, -0.1) is 0 Å². The molecular formula is C14H21NO4S. The summed E-state index contributed by atoms with van der Waals surface area (Å²) in [5, 5.41) is 0. The molecule has 6 heteroatoms. The minimum absolute atomic E-state index is 0.0466. The molecule has 0 aliphatic carbocycles. The number of sulfonamides is 1. The fourth-order valence-corrected chi connectivity index (χ4v) is 2.85. The molecule has 1 N–H and O–H groups in total. The monoisotopic (exact) mass is 299 g/mol. The van der Waals surface area contributed by atoms with Crippen LogP contribution in [0.15, 0.2) is 29.2 Å². The number of benzene rings is 1. The van der Waals surface area contributed by atoms with Crippen molar-refractivity contribution in [3.63, 3.8) is 0 Å². The van der Waals surface area contributed by atoms with E-state index in [-0.39, 0.29) is 10.3 Å². The van der Waals surface area contributed by atoms with Crippen molar-refractivity contribution < 1.29 is 17.9 Å². The second-order valence-corrected chi connectivity index (χ2v) is 7.35. The van der Waals surface area contributed by atoms with E-state index in [9.17, 15) is 13.2 Å². The molecule has 0 heterocycles. The third-order valence-electron chi connectivity index (χ3n) is 2.92. The fourth-order valence-electron chi connectivity index (χ4n) is 1.66. The van der Waals surface area contributed by atoms with E-state index in [0.717, 1.165) is 5.56 Å². The van der Waals surface area contributed by atoms with Gasteiger partial charge in [-0.3, -0.25) is 4.79 Å². The van der Waals surface area contributed by atoms with E-state index >= 15 is 0 Å². The van der Waals surface area contributed by atoms with Crippen LogP contribution >= 0.6 is 0 Å². The summed E-state index contributed by atoms with van der Waals surface area (Å²) in [5.41, 5.74) is 0.993. The Hall–Kier alpha value is -1.40. The third-order valence-corrected chi connectivity index (χ3v) is 4.47. The van der Waals surface area contributed by atoms with Gasteiger partial charge < -0.3 is 4.74 Å². The normalized spacial score (nSPS) is 13.8. The lowest BCUT2D eigenvalue weighted by Crippen LogP contribution is -2.39. The third kappa shape index (κ3) is 4.05. The maximum atomic E-state index is 12.1. The molecule has 1 aromatic carbocycles. The van der Waals surface area contributed by atoms with Gasteiger partial charge in [0, 0.05) is 0 Å². The molecule has 0 fully saturated rings. The first-order valence-corrected chi connectivity index (χ1v) is 7.77. The van der Waals surface area contributed by atoms with Crippen molar-refractivity contribution in [2.75, 3.05) is 7.11 Å². The van der Waals surface area contributed by atoms with Crippen LogP contribution in [0.1, 0.15) is 33.3 Å². The van der Waals surface area contributed by atoms with Crippen LogP contribution in [0.5, 0.6) is 0 Å². The summed E-state index contributed by atoms with van der Waals surface area (Å²) in [7, 11) is -2.51. The first-order valence-electron chi connectivity index (χ1n) is 6.28. The number of esters is 1. The van der Waals surface area contributed by atoms with Gasteiger partial charge in [0.2, 0.25) is 10.0 Å². The maximum absolute atomic E-state index is 12.1. The van der Waals surface area contributed by atoms with E-state index in [4.69, 9.17) is 0 Å². The minimum atomic E-state index is -3.73. The second-order valence-electron chi connectivity index (χ2n) is 5.64. The highest BCUT2D eigenvalue weighted by Crippen LogP contribution is 2.23. The Kier molecular flexibility index (Phi) is 4.94. The summed E-state index contributed by atoms with van der Waals surface area (Å²) >= 11 is 0. The van der Waals surface area contributed by atoms with Crippen LogP contribution in [-0.4, -0.2) is 27.5 Å². The molecule has 0 saturated carbocycles. The number of ether oxygens (including phenoxy) is 1. The van der Waals surface area contributed by atoms with E-state index in [1.165, 1.54) is 26.2 Å². The largest absolute Gasteiger partial charge is 0.468 e. The van der Waals surface area contributed by atoms with Crippen molar-refractivity contribution in [3.05, 3.63) is 29.8 Å². The SMILES string of the molecule is COC(=O)[C@H](C)NS(=O)(=O)c1ccc(C(C)(C)C)cc1. The van der Waals surface area contributed by atoms with E-state index in [2.05, 4.69) is 9.46 Å². The zero-order chi connectivity index (χ0) is 15.6. The van der Waals surface area contributed by atoms with Gasteiger partial charge in [-0.2, -0.15) is 4.72 Å². The molecular weight excluding hydrogens is 278 g/mol. The average molecular weight is 299 g/mol. The Morgan fingerprint density at radius 2 is 1.70 bits per heavy atom. The molecule has 112 valence electrons. The van der Waals surface area contributed by atoms with Crippen LogP contribution in [0.3, 0.4) is 0 Å². The summed E-state index contributed by atoms with van der Waals surface area (Å²) in [6, 6.07) is 5.70. The van der Waals surface area contributed by atoms with Crippen LogP contribution in [-0.2, 0) is 25.0 Å². The first-order chi connectivity index (χ1) is 9.08. The van der Waals surface area contributed by atoms with Crippen molar-refractivity contribution in [2.24, 2.45) is 0 Å². The highest BCUT2D eigenvalue weighted by atomic mass is 32.2. The maximum Gasteiger partial charge on any atom is 0.323 e. The van der Waals surface area contributed by atoms with Crippen molar-refractivity contribution in [1.29, 1.82) is 0 Å². The van der Waals surface area contributed by atoms with Gasteiger partial charge in [-0.1, -0.05) is 32.9 Å². The Bertz CT molecular complexity index is 570. The molecule has 20 heavy (non-hydrogen) atoms. The number of hydrogen-bond donors (Lipinski definition) is 1. The second kappa shape index (κ2) is 5.93. The smallest absolute Gasteiger partial charge is 0.323 e. The molecule has 0 bridgehead atoms. The summed E-state index contributed by atoms with van der Waals surface area (Å²) in [6.07, 6.45) is 0. The molecule has 1 aromatic rings. The molecule has 0 radical (unpaired) electrons. The van der Waals surface area contributed by atoms with Gasteiger partial charge in [-0.05, 0) is 30.0 Å². The number of methoxy groups -OCH3 is 1. The van der Waals surface area contributed by atoms with Gasteiger partial charge in [0.15, 0.2) is 0 Å². The molecule has 5 nitrogen and oxygen atoms in total. The topological polar surface area (TPSA) is 72.5 Å². The van der Waals surface area contributed by atoms with Crippen molar-refractivity contribution in [3.8, 4) is 0 Å². The molecule has 0 saturated heterocycles. The van der Waals surface area contributed by atoms with E-state index in [1.54, 1.807) is 12.1 Å². The van der Waals surface area contributed by atoms with Crippen molar-refractivity contribution in [1.82, 2.24) is 4.72 Å². The molecule has 0 aromatic heterocycles. The minimum Gasteiger partial charge on any atom is -0.468 e. The summed E-state index contributed by atoms with van der Waals surface area (Å²) in [5.74, 6) is -0.625. The van der Waals surface area contributed by atoms with Gasteiger partial charge in [0.05, 0.1) is 12.0 Å².